The highest BCUT2D eigenvalue weighted by Gasteiger charge is 2.28. The molecule has 1 amide bonds. The third kappa shape index (κ3) is 4.41. The quantitative estimate of drug-likeness (QED) is 0.638. The van der Waals surface area contributed by atoms with Gasteiger partial charge in [-0.25, -0.2) is 9.52 Å². The molecule has 0 spiro atoms. The highest BCUT2D eigenvalue weighted by atomic mass is 32.2. The van der Waals surface area contributed by atoms with Crippen molar-refractivity contribution in [2.75, 3.05) is 46.4 Å². The summed E-state index contributed by atoms with van der Waals surface area (Å²) >= 11 is 0. The van der Waals surface area contributed by atoms with Crippen LogP contribution in [0.1, 0.15) is 6.42 Å². The molecule has 1 aliphatic heterocycles. The molecule has 0 aromatic carbocycles. The molecule has 18 heavy (non-hydrogen) atoms. The van der Waals surface area contributed by atoms with Crippen molar-refractivity contribution < 1.29 is 17.9 Å². The number of amides is 1. The summed E-state index contributed by atoms with van der Waals surface area (Å²) in [6.45, 7) is 3.50. The molecule has 0 radical (unpaired) electrons. The number of hydrogen-bond donors (Lipinski definition) is 2. The molecule has 1 aliphatic rings. The van der Waals surface area contributed by atoms with E-state index in [1.165, 1.54) is 4.31 Å². The summed E-state index contributed by atoms with van der Waals surface area (Å²) in [5.74, 6) is 0. The van der Waals surface area contributed by atoms with E-state index in [0.717, 1.165) is 20.1 Å². The molecule has 1 saturated heterocycles. The standard InChI is InChI=1S/C9H20N4O4S/c1-17-9(14)11-18(15,16)13-7-5-12(6-8-13)4-2-3-10/h2-8,10H2,1H3,(H,11,14). The van der Waals surface area contributed by atoms with Gasteiger partial charge in [-0.1, -0.05) is 0 Å². The first-order chi connectivity index (χ1) is 8.49. The SMILES string of the molecule is COC(=O)NS(=O)(=O)N1CCN(CCCN)CC1. The van der Waals surface area contributed by atoms with Crippen molar-refractivity contribution in [1.82, 2.24) is 13.9 Å². The number of carbonyl (C=O) groups excluding carboxylic acids is 1. The van der Waals surface area contributed by atoms with Crippen molar-refractivity contribution in [2.45, 2.75) is 6.42 Å². The van der Waals surface area contributed by atoms with Crippen LogP contribution in [0.5, 0.6) is 0 Å². The third-order valence-electron chi connectivity index (χ3n) is 2.75. The molecule has 106 valence electrons. The van der Waals surface area contributed by atoms with E-state index in [1.54, 1.807) is 0 Å². The zero-order valence-electron chi connectivity index (χ0n) is 10.5. The van der Waals surface area contributed by atoms with E-state index in [9.17, 15) is 13.2 Å². The Kier molecular flexibility index (Phi) is 5.79. The molecule has 8 nitrogen and oxygen atoms in total. The third-order valence-corrected chi connectivity index (χ3v) is 4.22. The van der Waals surface area contributed by atoms with Gasteiger partial charge in [-0.2, -0.15) is 12.7 Å². The summed E-state index contributed by atoms with van der Waals surface area (Å²) in [7, 11) is -2.66. The number of nitrogens with two attached hydrogens (primary N) is 1. The first kappa shape index (κ1) is 15.2. The number of carbonyl (C=O) groups is 1. The lowest BCUT2D eigenvalue weighted by molar-refractivity contribution is 0.172. The van der Waals surface area contributed by atoms with Crippen LogP contribution < -0.4 is 10.5 Å². The van der Waals surface area contributed by atoms with E-state index < -0.39 is 16.3 Å². The Bertz CT molecular complexity index is 365. The minimum absolute atomic E-state index is 0.358. The molecule has 1 heterocycles. The number of hydrogen-bond acceptors (Lipinski definition) is 6. The molecule has 1 rings (SSSR count). The lowest BCUT2D eigenvalue weighted by Crippen LogP contribution is -2.53. The molecule has 3 N–H and O–H groups in total. The maximum absolute atomic E-state index is 11.8. The van der Waals surface area contributed by atoms with Crippen molar-refractivity contribution in [3.8, 4) is 0 Å². The van der Waals surface area contributed by atoms with Crippen molar-refractivity contribution in [3.05, 3.63) is 0 Å². The maximum Gasteiger partial charge on any atom is 0.421 e. The van der Waals surface area contributed by atoms with Crippen LogP contribution in [-0.4, -0.2) is 70.1 Å². The van der Waals surface area contributed by atoms with Gasteiger partial charge >= 0.3 is 16.3 Å². The zero-order valence-corrected chi connectivity index (χ0v) is 11.3. The molecular formula is C9H20N4O4S. The highest BCUT2D eigenvalue weighted by Crippen LogP contribution is 2.06. The molecule has 9 heteroatoms. The number of ether oxygens (including phenoxy) is 1. The van der Waals surface area contributed by atoms with Crippen LogP contribution in [-0.2, 0) is 14.9 Å². The fourth-order valence-electron chi connectivity index (χ4n) is 1.72. The predicted octanol–water partition coefficient (Wildman–Crippen LogP) is -1.45. The van der Waals surface area contributed by atoms with E-state index in [0.29, 0.717) is 32.7 Å². The average molecular weight is 280 g/mol. The monoisotopic (exact) mass is 280 g/mol. The molecule has 0 atom stereocenters. The predicted molar refractivity (Wildman–Crippen MR) is 66.1 cm³/mol. The first-order valence-electron chi connectivity index (χ1n) is 5.78. The van der Waals surface area contributed by atoms with Crippen molar-refractivity contribution in [2.24, 2.45) is 5.73 Å². The largest absolute Gasteiger partial charge is 0.452 e. The molecule has 0 aliphatic carbocycles. The number of nitrogens with one attached hydrogen (secondary N) is 1. The van der Waals surface area contributed by atoms with E-state index >= 15 is 0 Å². The highest BCUT2D eigenvalue weighted by molar-refractivity contribution is 7.87. The summed E-state index contributed by atoms with van der Waals surface area (Å²) < 4.78 is 30.8. The number of nitrogens with zero attached hydrogens (tertiary/aromatic N) is 2. The average Bonchev–Trinajstić information content (AvgIpc) is 2.36. The van der Waals surface area contributed by atoms with Crippen LogP contribution in [0.2, 0.25) is 0 Å². The Balaban J connectivity index is 2.44. The molecule has 0 aromatic heterocycles. The molecule has 0 unspecified atom stereocenters. The Morgan fingerprint density at radius 3 is 2.44 bits per heavy atom. The van der Waals surface area contributed by atoms with Crippen LogP contribution in [0.3, 0.4) is 0 Å². The van der Waals surface area contributed by atoms with E-state index in [1.807, 2.05) is 4.72 Å². The maximum atomic E-state index is 11.8. The Hall–Kier alpha value is -0.900. The molecule has 1 fully saturated rings. The van der Waals surface area contributed by atoms with Crippen molar-refractivity contribution in [1.29, 1.82) is 0 Å². The van der Waals surface area contributed by atoms with Gasteiger partial charge in [0.15, 0.2) is 0 Å². The van der Waals surface area contributed by atoms with E-state index in [-0.39, 0.29) is 0 Å². The minimum atomic E-state index is -3.78. The van der Waals surface area contributed by atoms with Gasteiger partial charge in [-0.05, 0) is 19.5 Å². The smallest absolute Gasteiger partial charge is 0.421 e. The fourth-order valence-corrected chi connectivity index (χ4v) is 2.79. The van der Waals surface area contributed by atoms with Gasteiger partial charge in [-0.15, -0.1) is 0 Å². The molecular weight excluding hydrogens is 260 g/mol. The summed E-state index contributed by atoms with van der Waals surface area (Å²) in [5.41, 5.74) is 5.42. The summed E-state index contributed by atoms with van der Waals surface area (Å²) in [6.07, 6.45) is -0.0757. The lowest BCUT2D eigenvalue weighted by Gasteiger charge is -2.33. The summed E-state index contributed by atoms with van der Waals surface area (Å²) in [4.78, 5) is 13.1. The van der Waals surface area contributed by atoms with Crippen molar-refractivity contribution in [3.63, 3.8) is 0 Å². The van der Waals surface area contributed by atoms with Gasteiger partial charge in [0.1, 0.15) is 0 Å². The van der Waals surface area contributed by atoms with Crippen molar-refractivity contribution >= 4 is 16.3 Å². The van der Waals surface area contributed by atoms with Gasteiger partial charge in [0, 0.05) is 26.2 Å². The fraction of sp³-hybridized carbons (Fsp3) is 0.889. The van der Waals surface area contributed by atoms with Gasteiger partial charge in [0.05, 0.1) is 7.11 Å². The van der Waals surface area contributed by atoms with E-state index in [2.05, 4.69) is 9.64 Å². The number of rotatable bonds is 5. The van der Waals surface area contributed by atoms with Crippen LogP contribution in [0, 0.1) is 0 Å². The Morgan fingerprint density at radius 2 is 1.94 bits per heavy atom. The molecule has 0 saturated carbocycles. The van der Waals surface area contributed by atoms with Gasteiger partial charge in [-0.3, -0.25) is 0 Å². The minimum Gasteiger partial charge on any atom is -0.452 e. The topological polar surface area (TPSA) is 105 Å². The number of piperazine rings is 1. The normalized spacial score (nSPS) is 18.6. The Morgan fingerprint density at radius 1 is 1.33 bits per heavy atom. The van der Waals surface area contributed by atoms with Gasteiger partial charge in [0.25, 0.3) is 0 Å². The van der Waals surface area contributed by atoms with Gasteiger partial charge in [0.2, 0.25) is 0 Å². The first-order valence-corrected chi connectivity index (χ1v) is 7.22. The van der Waals surface area contributed by atoms with Gasteiger partial charge < -0.3 is 15.4 Å². The summed E-state index contributed by atoms with van der Waals surface area (Å²) in [6, 6.07) is 0. The van der Waals surface area contributed by atoms with Crippen LogP contribution in [0.4, 0.5) is 4.79 Å². The second kappa shape index (κ2) is 6.88. The second-order valence-corrected chi connectivity index (χ2v) is 5.65. The van der Waals surface area contributed by atoms with Crippen LogP contribution >= 0.6 is 0 Å². The van der Waals surface area contributed by atoms with E-state index in [4.69, 9.17) is 5.73 Å². The Labute approximate surface area is 107 Å². The number of methoxy groups -OCH3 is 1. The van der Waals surface area contributed by atoms with Crippen LogP contribution in [0.15, 0.2) is 0 Å². The lowest BCUT2D eigenvalue weighted by atomic mass is 10.3. The summed E-state index contributed by atoms with van der Waals surface area (Å²) in [5, 5.41) is 0. The second-order valence-electron chi connectivity index (χ2n) is 3.98. The zero-order chi connectivity index (χ0) is 13.6. The molecule has 0 aromatic rings. The van der Waals surface area contributed by atoms with Crippen LogP contribution in [0.25, 0.3) is 0 Å². The molecule has 0 bridgehead atoms.